The molecule has 7 heteroatoms. The Bertz CT molecular complexity index is 995. The zero-order valence-corrected chi connectivity index (χ0v) is 16.8. The Hall–Kier alpha value is -3.48. The van der Waals surface area contributed by atoms with E-state index in [9.17, 15) is 13.6 Å². The monoisotopic (exact) mass is 411 g/mol. The highest BCUT2D eigenvalue weighted by Crippen LogP contribution is 2.27. The van der Waals surface area contributed by atoms with Crippen molar-refractivity contribution in [3.05, 3.63) is 72.4 Å². The third kappa shape index (κ3) is 5.11. The number of hydrogen-bond acceptors (Lipinski definition) is 3. The van der Waals surface area contributed by atoms with Gasteiger partial charge < -0.3 is 9.64 Å². The largest absolute Gasteiger partial charge is 0.435 e. The Balaban J connectivity index is 1.98. The molecule has 156 valence electrons. The lowest BCUT2D eigenvalue weighted by molar-refractivity contribution is -0.125. The van der Waals surface area contributed by atoms with Crippen LogP contribution in [0, 0.1) is 0 Å². The molecule has 0 N–H and O–H groups in total. The normalized spacial score (nSPS) is 11.2. The van der Waals surface area contributed by atoms with Crippen LogP contribution in [0.4, 0.5) is 8.78 Å². The van der Waals surface area contributed by atoms with Crippen molar-refractivity contribution in [3.63, 3.8) is 0 Å². The van der Waals surface area contributed by atoms with Crippen LogP contribution < -0.4 is 4.74 Å². The van der Waals surface area contributed by atoms with Gasteiger partial charge in [0, 0.05) is 36.5 Å². The molecule has 0 bridgehead atoms. The first-order valence-electron chi connectivity index (χ1n) is 9.69. The number of carbonyl (C=O) groups is 1. The number of ether oxygens (including phenoxy) is 1. The molecule has 0 unspecified atom stereocenters. The zero-order valence-electron chi connectivity index (χ0n) is 16.8. The second kappa shape index (κ2) is 9.82. The molecule has 1 aromatic heterocycles. The van der Waals surface area contributed by atoms with Crippen LogP contribution in [-0.2, 0) is 4.79 Å². The fourth-order valence-electron chi connectivity index (χ4n) is 3.04. The molecule has 0 saturated heterocycles. The molecule has 30 heavy (non-hydrogen) atoms. The summed E-state index contributed by atoms with van der Waals surface area (Å²) in [5, 5.41) is 4.66. The van der Waals surface area contributed by atoms with Crippen LogP contribution in [0.2, 0.25) is 0 Å². The molecule has 0 spiro atoms. The Morgan fingerprint density at radius 3 is 2.37 bits per heavy atom. The maximum absolute atomic E-state index is 12.4. The summed E-state index contributed by atoms with van der Waals surface area (Å²) < 4.78 is 31.0. The number of hydrogen-bond donors (Lipinski definition) is 0. The number of aromatic nitrogens is 2. The minimum atomic E-state index is -2.88. The van der Waals surface area contributed by atoms with E-state index in [1.165, 1.54) is 18.2 Å². The third-order valence-electron chi connectivity index (χ3n) is 4.60. The summed E-state index contributed by atoms with van der Waals surface area (Å²) in [4.78, 5) is 14.1. The Morgan fingerprint density at radius 2 is 1.77 bits per heavy atom. The topological polar surface area (TPSA) is 47.4 Å². The fourth-order valence-corrected chi connectivity index (χ4v) is 3.04. The lowest BCUT2D eigenvalue weighted by atomic mass is 10.1. The highest BCUT2D eigenvalue weighted by Gasteiger charge is 2.13. The van der Waals surface area contributed by atoms with Gasteiger partial charge in [0.15, 0.2) is 0 Å². The molecule has 1 heterocycles. The summed E-state index contributed by atoms with van der Waals surface area (Å²) in [7, 11) is 0. The molecule has 2 aromatic carbocycles. The maximum atomic E-state index is 12.4. The smallest absolute Gasteiger partial charge is 0.387 e. The van der Waals surface area contributed by atoms with Crippen LogP contribution in [0.15, 0.2) is 66.9 Å². The highest BCUT2D eigenvalue weighted by molar-refractivity contribution is 5.92. The van der Waals surface area contributed by atoms with Crippen molar-refractivity contribution < 1.29 is 18.3 Å². The van der Waals surface area contributed by atoms with Gasteiger partial charge in [-0.05, 0) is 56.3 Å². The Morgan fingerprint density at radius 1 is 1.10 bits per heavy atom. The van der Waals surface area contributed by atoms with Gasteiger partial charge >= 0.3 is 6.61 Å². The molecule has 1 amide bonds. The number of para-hydroxylation sites is 1. The lowest BCUT2D eigenvalue weighted by Gasteiger charge is -2.15. The summed E-state index contributed by atoms with van der Waals surface area (Å²) in [5.41, 5.74) is 2.96. The zero-order chi connectivity index (χ0) is 21.5. The minimum absolute atomic E-state index is 0.0741. The number of benzene rings is 2. The van der Waals surface area contributed by atoms with Gasteiger partial charge in [0.1, 0.15) is 5.75 Å². The molecule has 0 aliphatic rings. The van der Waals surface area contributed by atoms with Gasteiger partial charge in [-0.15, -0.1) is 0 Å². The summed E-state index contributed by atoms with van der Waals surface area (Å²) in [6.45, 7) is 2.23. The number of alkyl halides is 2. The first-order valence-corrected chi connectivity index (χ1v) is 9.69. The molecule has 0 radical (unpaired) electrons. The van der Waals surface area contributed by atoms with Crippen LogP contribution >= 0.6 is 0 Å². The average Bonchev–Trinajstić information content (AvgIpc) is 3.18. The molecule has 0 aliphatic carbocycles. The van der Waals surface area contributed by atoms with Crippen LogP contribution in [0.3, 0.4) is 0 Å². The molecule has 0 saturated carbocycles. The maximum Gasteiger partial charge on any atom is 0.387 e. The summed E-state index contributed by atoms with van der Waals surface area (Å²) in [6, 6.07) is 15.8. The second-order valence-electron chi connectivity index (χ2n) is 6.46. The molecule has 3 aromatic rings. The van der Waals surface area contributed by atoms with Crippen molar-refractivity contribution in [2.75, 3.05) is 13.1 Å². The average molecular weight is 411 g/mol. The van der Waals surface area contributed by atoms with Gasteiger partial charge in [-0.3, -0.25) is 4.79 Å². The molecule has 0 atom stereocenters. The van der Waals surface area contributed by atoms with E-state index in [0.717, 1.165) is 16.8 Å². The third-order valence-corrected chi connectivity index (χ3v) is 4.60. The van der Waals surface area contributed by atoms with E-state index >= 15 is 0 Å². The van der Waals surface area contributed by atoms with E-state index in [0.29, 0.717) is 18.8 Å². The molecule has 5 nitrogen and oxygen atoms in total. The van der Waals surface area contributed by atoms with Gasteiger partial charge in [-0.25, -0.2) is 4.68 Å². The van der Waals surface area contributed by atoms with Crippen molar-refractivity contribution in [1.29, 1.82) is 0 Å². The first-order chi connectivity index (χ1) is 14.5. The number of likely N-dealkylation sites (N-methyl/N-ethyl adjacent to an activating group) is 1. The summed E-state index contributed by atoms with van der Waals surface area (Å²) >= 11 is 0. The number of halogens is 2. The van der Waals surface area contributed by atoms with Crippen molar-refractivity contribution >= 4 is 12.0 Å². The van der Waals surface area contributed by atoms with E-state index in [4.69, 9.17) is 0 Å². The van der Waals surface area contributed by atoms with Crippen LogP contribution in [0.25, 0.3) is 23.0 Å². The number of rotatable bonds is 8. The van der Waals surface area contributed by atoms with Crippen LogP contribution in [0.5, 0.6) is 5.75 Å². The lowest BCUT2D eigenvalue weighted by Crippen LogP contribution is -2.28. The van der Waals surface area contributed by atoms with Gasteiger partial charge in [0.05, 0.1) is 11.4 Å². The van der Waals surface area contributed by atoms with Gasteiger partial charge in [-0.2, -0.15) is 13.9 Å². The van der Waals surface area contributed by atoms with E-state index in [-0.39, 0.29) is 11.7 Å². The Kier molecular flexibility index (Phi) is 6.95. The predicted octanol–water partition coefficient (Wildman–Crippen LogP) is 5.02. The van der Waals surface area contributed by atoms with E-state index in [2.05, 4.69) is 9.84 Å². The summed E-state index contributed by atoms with van der Waals surface area (Å²) in [6.07, 6.45) is 5.09. The SMILES string of the molecule is CCN(CC)C(=O)/C=C/c1cn(-c2ccccc2)nc1-c1ccc(OC(F)F)cc1. The molecular weight excluding hydrogens is 388 g/mol. The number of nitrogens with zero attached hydrogens (tertiary/aromatic N) is 3. The van der Waals surface area contributed by atoms with Crippen LogP contribution in [0.1, 0.15) is 19.4 Å². The van der Waals surface area contributed by atoms with Gasteiger partial charge in [0.25, 0.3) is 0 Å². The van der Waals surface area contributed by atoms with Crippen molar-refractivity contribution in [1.82, 2.24) is 14.7 Å². The number of carbonyl (C=O) groups excluding carboxylic acids is 1. The molecule has 3 rings (SSSR count). The number of amides is 1. The quantitative estimate of drug-likeness (QED) is 0.489. The highest BCUT2D eigenvalue weighted by atomic mass is 19.3. The van der Waals surface area contributed by atoms with E-state index in [1.54, 1.807) is 27.8 Å². The Labute approximate surface area is 174 Å². The molecular formula is C23H23F2N3O2. The van der Waals surface area contributed by atoms with Crippen LogP contribution in [-0.4, -0.2) is 40.3 Å². The van der Waals surface area contributed by atoms with Crippen molar-refractivity contribution in [2.45, 2.75) is 20.5 Å². The summed E-state index contributed by atoms with van der Waals surface area (Å²) in [5.74, 6) is -0.0101. The van der Waals surface area contributed by atoms with Crippen molar-refractivity contribution in [3.8, 4) is 22.7 Å². The van der Waals surface area contributed by atoms with Gasteiger partial charge in [0.2, 0.25) is 5.91 Å². The molecule has 0 fully saturated rings. The fraction of sp³-hybridized carbons (Fsp3) is 0.217. The molecule has 0 aliphatic heterocycles. The predicted molar refractivity (Wildman–Crippen MR) is 113 cm³/mol. The van der Waals surface area contributed by atoms with Crippen molar-refractivity contribution in [2.24, 2.45) is 0 Å². The van der Waals surface area contributed by atoms with E-state index in [1.807, 2.05) is 50.4 Å². The minimum Gasteiger partial charge on any atom is -0.435 e. The second-order valence-corrected chi connectivity index (χ2v) is 6.46. The van der Waals surface area contributed by atoms with E-state index < -0.39 is 6.61 Å². The van der Waals surface area contributed by atoms with Gasteiger partial charge in [-0.1, -0.05) is 18.2 Å². The first kappa shape index (κ1) is 21.2. The standard InChI is InChI=1S/C23H23F2N3O2/c1-3-27(4-2)21(29)15-12-18-16-28(19-8-6-5-7-9-19)26-22(18)17-10-13-20(14-11-17)30-23(24)25/h5-16,23H,3-4H2,1-2H3/b15-12+.